The average Bonchev–Trinajstić information content (AvgIpc) is 2.29. The molecular weight excluding hydrogens is 217 g/mol. The summed E-state index contributed by atoms with van der Waals surface area (Å²) in [6.45, 7) is 3.92. The fourth-order valence-electron chi connectivity index (χ4n) is 2.82. The number of alkyl halides is 3. The normalized spacial score (nSPS) is 33.9. The van der Waals surface area contributed by atoms with Crippen LogP contribution < -0.4 is 5.32 Å². The van der Waals surface area contributed by atoms with Crippen LogP contribution in [0.15, 0.2) is 0 Å². The van der Waals surface area contributed by atoms with Gasteiger partial charge in [0.25, 0.3) is 0 Å². The highest BCUT2D eigenvalue weighted by Crippen LogP contribution is 2.38. The van der Waals surface area contributed by atoms with Crippen LogP contribution in [0.1, 0.15) is 25.7 Å². The maximum absolute atomic E-state index is 12.5. The van der Waals surface area contributed by atoms with Crippen molar-refractivity contribution in [3.05, 3.63) is 0 Å². The van der Waals surface area contributed by atoms with E-state index in [9.17, 15) is 13.2 Å². The molecule has 0 atom stereocenters. The Morgan fingerprint density at radius 2 is 1.50 bits per heavy atom. The molecular formula is C11H19F3N2. The summed E-state index contributed by atoms with van der Waals surface area (Å²) in [4.78, 5) is 2.35. The summed E-state index contributed by atoms with van der Waals surface area (Å²) in [5, 5.41) is 3.27. The third kappa shape index (κ3) is 2.88. The second-order valence-electron chi connectivity index (χ2n) is 4.83. The molecule has 1 aliphatic carbocycles. The van der Waals surface area contributed by atoms with Crippen molar-refractivity contribution >= 4 is 0 Å². The molecule has 16 heavy (non-hydrogen) atoms. The summed E-state index contributed by atoms with van der Waals surface area (Å²) in [6, 6.07) is 0.390. The van der Waals surface area contributed by atoms with Crippen LogP contribution in [-0.2, 0) is 0 Å². The zero-order valence-electron chi connectivity index (χ0n) is 9.39. The summed E-state index contributed by atoms with van der Waals surface area (Å²) in [5.41, 5.74) is 0. The Balaban J connectivity index is 1.80. The standard InChI is InChI=1S/C11H19F3N2/c12-11(13,14)9-1-3-10(4-2-9)16-7-5-15-6-8-16/h9-10,15H,1-8H2. The molecule has 94 valence electrons. The van der Waals surface area contributed by atoms with Gasteiger partial charge in [-0.15, -0.1) is 0 Å². The molecule has 0 radical (unpaired) electrons. The Bertz CT molecular complexity index is 216. The van der Waals surface area contributed by atoms with Crippen LogP contribution in [0, 0.1) is 5.92 Å². The fraction of sp³-hybridized carbons (Fsp3) is 1.00. The molecule has 1 N–H and O–H groups in total. The highest BCUT2D eigenvalue weighted by molar-refractivity contribution is 4.84. The number of nitrogens with zero attached hydrogens (tertiary/aromatic N) is 1. The van der Waals surface area contributed by atoms with Gasteiger partial charge in [0.2, 0.25) is 0 Å². The number of hydrogen-bond donors (Lipinski definition) is 1. The average molecular weight is 236 g/mol. The number of halogens is 3. The number of rotatable bonds is 1. The molecule has 2 nitrogen and oxygen atoms in total. The summed E-state index contributed by atoms with van der Waals surface area (Å²) in [5.74, 6) is -1.05. The van der Waals surface area contributed by atoms with Gasteiger partial charge in [0.1, 0.15) is 0 Å². The largest absolute Gasteiger partial charge is 0.391 e. The molecule has 1 saturated carbocycles. The van der Waals surface area contributed by atoms with E-state index in [1.54, 1.807) is 0 Å². The van der Waals surface area contributed by atoms with Crippen molar-refractivity contribution in [3.8, 4) is 0 Å². The Kier molecular flexibility index (Phi) is 3.74. The molecule has 2 aliphatic rings. The van der Waals surface area contributed by atoms with Gasteiger partial charge in [-0.25, -0.2) is 0 Å². The smallest absolute Gasteiger partial charge is 0.314 e. The minimum absolute atomic E-state index is 0.318. The molecule has 0 amide bonds. The predicted octanol–water partition coefficient (Wildman–Crippen LogP) is 2.01. The van der Waals surface area contributed by atoms with Crippen molar-refractivity contribution in [3.63, 3.8) is 0 Å². The van der Waals surface area contributed by atoms with E-state index in [1.807, 2.05) is 0 Å². The van der Waals surface area contributed by atoms with Crippen LogP contribution in [0.2, 0.25) is 0 Å². The van der Waals surface area contributed by atoms with Crippen molar-refractivity contribution < 1.29 is 13.2 Å². The molecule has 1 saturated heterocycles. The lowest BCUT2D eigenvalue weighted by Crippen LogP contribution is -2.49. The first kappa shape index (κ1) is 12.2. The van der Waals surface area contributed by atoms with E-state index in [4.69, 9.17) is 0 Å². The topological polar surface area (TPSA) is 15.3 Å². The van der Waals surface area contributed by atoms with Gasteiger partial charge in [-0.05, 0) is 25.7 Å². The monoisotopic (exact) mass is 236 g/mol. The molecule has 0 spiro atoms. The van der Waals surface area contributed by atoms with Crippen LogP contribution in [-0.4, -0.2) is 43.3 Å². The summed E-state index contributed by atoms with van der Waals surface area (Å²) < 4.78 is 37.5. The third-order valence-electron chi connectivity index (χ3n) is 3.83. The number of hydrogen-bond acceptors (Lipinski definition) is 2. The van der Waals surface area contributed by atoms with E-state index >= 15 is 0 Å². The quantitative estimate of drug-likeness (QED) is 0.749. The lowest BCUT2D eigenvalue weighted by molar-refractivity contribution is -0.184. The van der Waals surface area contributed by atoms with Crippen LogP contribution in [0.3, 0.4) is 0 Å². The van der Waals surface area contributed by atoms with Crippen LogP contribution in [0.25, 0.3) is 0 Å². The number of nitrogens with one attached hydrogen (secondary N) is 1. The molecule has 0 aromatic rings. The van der Waals surface area contributed by atoms with Gasteiger partial charge in [-0.1, -0.05) is 0 Å². The van der Waals surface area contributed by atoms with Gasteiger partial charge >= 0.3 is 6.18 Å². The van der Waals surface area contributed by atoms with Gasteiger partial charge in [0.05, 0.1) is 5.92 Å². The first-order chi connectivity index (χ1) is 7.57. The van der Waals surface area contributed by atoms with Gasteiger partial charge < -0.3 is 5.32 Å². The molecule has 0 unspecified atom stereocenters. The fourth-order valence-corrected chi connectivity index (χ4v) is 2.82. The van der Waals surface area contributed by atoms with Gasteiger partial charge in [-0.3, -0.25) is 4.90 Å². The van der Waals surface area contributed by atoms with Crippen molar-refractivity contribution in [1.82, 2.24) is 10.2 Å². The van der Waals surface area contributed by atoms with Gasteiger partial charge in [0, 0.05) is 32.2 Å². The minimum Gasteiger partial charge on any atom is -0.314 e. The zero-order valence-corrected chi connectivity index (χ0v) is 9.39. The Morgan fingerprint density at radius 3 is 2.00 bits per heavy atom. The maximum atomic E-state index is 12.5. The first-order valence-electron chi connectivity index (χ1n) is 6.09. The van der Waals surface area contributed by atoms with Crippen molar-refractivity contribution in [2.45, 2.75) is 37.9 Å². The predicted molar refractivity (Wildman–Crippen MR) is 56.2 cm³/mol. The highest BCUT2D eigenvalue weighted by atomic mass is 19.4. The van der Waals surface area contributed by atoms with E-state index in [1.165, 1.54) is 0 Å². The van der Waals surface area contributed by atoms with Gasteiger partial charge in [-0.2, -0.15) is 13.2 Å². The Hall–Kier alpha value is -0.290. The molecule has 2 fully saturated rings. The molecule has 1 aliphatic heterocycles. The maximum Gasteiger partial charge on any atom is 0.391 e. The van der Waals surface area contributed by atoms with E-state index in [2.05, 4.69) is 10.2 Å². The molecule has 0 aromatic heterocycles. The van der Waals surface area contributed by atoms with Crippen LogP contribution >= 0.6 is 0 Å². The molecule has 0 bridgehead atoms. The minimum atomic E-state index is -3.98. The van der Waals surface area contributed by atoms with Gasteiger partial charge in [0.15, 0.2) is 0 Å². The molecule has 0 aromatic carbocycles. The van der Waals surface area contributed by atoms with E-state index in [-0.39, 0.29) is 0 Å². The SMILES string of the molecule is FC(F)(F)C1CCC(N2CCNCC2)CC1. The van der Waals surface area contributed by atoms with Crippen LogP contribution in [0.5, 0.6) is 0 Å². The number of piperazine rings is 1. The van der Waals surface area contributed by atoms with E-state index in [0.29, 0.717) is 31.7 Å². The second-order valence-corrected chi connectivity index (χ2v) is 4.83. The second kappa shape index (κ2) is 4.92. The van der Waals surface area contributed by atoms with E-state index < -0.39 is 12.1 Å². The van der Waals surface area contributed by atoms with Crippen molar-refractivity contribution in [1.29, 1.82) is 0 Å². The Labute approximate surface area is 94.2 Å². The van der Waals surface area contributed by atoms with Crippen LogP contribution in [0.4, 0.5) is 13.2 Å². The van der Waals surface area contributed by atoms with Crippen molar-refractivity contribution in [2.24, 2.45) is 5.92 Å². The lowest BCUT2D eigenvalue weighted by Gasteiger charge is -2.39. The zero-order chi connectivity index (χ0) is 11.6. The molecule has 5 heteroatoms. The highest BCUT2D eigenvalue weighted by Gasteiger charge is 2.42. The van der Waals surface area contributed by atoms with E-state index in [0.717, 1.165) is 26.2 Å². The summed E-state index contributed by atoms with van der Waals surface area (Å²) >= 11 is 0. The Morgan fingerprint density at radius 1 is 0.938 bits per heavy atom. The summed E-state index contributed by atoms with van der Waals surface area (Å²) in [6.07, 6.45) is -1.92. The third-order valence-corrected chi connectivity index (χ3v) is 3.83. The van der Waals surface area contributed by atoms with Crippen molar-refractivity contribution in [2.75, 3.05) is 26.2 Å². The first-order valence-corrected chi connectivity index (χ1v) is 6.09. The lowest BCUT2D eigenvalue weighted by atomic mass is 9.85. The molecule has 2 rings (SSSR count). The summed E-state index contributed by atoms with van der Waals surface area (Å²) in [7, 11) is 0. The molecule has 1 heterocycles.